The first kappa shape index (κ1) is 19.9. The number of carbonyl (C=O) groups is 2. The molecule has 0 saturated heterocycles. The Morgan fingerprint density at radius 1 is 1.33 bits per heavy atom. The second kappa shape index (κ2) is 11.5. The van der Waals surface area contributed by atoms with Gasteiger partial charge in [-0.15, -0.1) is 23.7 Å². The highest BCUT2D eigenvalue weighted by Crippen LogP contribution is 2.10. The van der Waals surface area contributed by atoms with Gasteiger partial charge in [-0.05, 0) is 11.4 Å². The molecule has 21 heavy (non-hydrogen) atoms. The molecular weight excluding hydrogens is 314 g/mol. The van der Waals surface area contributed by atoms with Crippen LogP contribution in [-0.2, 0) is 9.53 Å². The number of nitrogens with zero attached hydrogens (tertiary/aromatic N) is 1. The van der Waals surface area contributed by atoms with Crippen LogP contribution in [0.2, 0.25) is 0 Å². The molecular formula is C13H22ClN3O3S. The molecule has 0 bridgehead atoms. The minimum Gasteiger partial charge on any atom is -0.383 e. The summed E-state index contributed by atoms with van der Waals surface area (Å²) < 4.78 is 4.89. The Bertz CT molecular complexity index is 415. The predicted octanol–water partition coefficient (Wildman–Crippen LogP) is 0.594. The van der Waals surface area contributed by atoms with E-state index in [1.54, 1.807) is 20.2 Å². The fourth-order valence-electron chi connectivity index (χ4n) is 1.52. The molecule has 0 saturated carbocycles. The van der Waals surface area contributed by atoms with E-state index in [9.17, 15) is 9.59 Å². The summed E-state index contributed by atoms with van der Waals surface area (Å²) in [6, 6.07) is 3.57. The van der Waals surface area contributed by atoms with Crippen LogP contribution in [0.25, 0.3) is 0 Å². The molecule has 0 aromatic carbocycles. The summed E-state index contributed by atoms with van der Waals surface area (Å²) in [6.07, 6.45) is 0. The number of hydrogen-bond donors (Lipinski definition) is 2. The van der Waals surface area contributed by atoms with E-state index >= 15 is 0 Å². The predicted molar refractivity (Wildman–Crippen MR) is 86.3 cm³/mol. The molecule has 0 aliphatic carbocycles. The van der Waals surface area contributed by atoms with Crippen LogP contribution in [0.4, 0.5) is 0 Å². The second-order valence-corrected chi connectivity index (χ2v) is 5.18. The van der Waals surface area contributed by atoms with Crippen molar-refractivity contribution in [3.8, 4) is 0 Å². The first-order chi connectivity index (χ1) is 9.65. The van der Waals surface area contributed by atoms with Gasteiger partial charge in [-0.1, -0.05) is 6.07 Å². The van der Waals surface area contributed by atoms with E-state index in [2.05, 4.69) is 10.6 Å². The number of ether oxygens (including phenoxy) is 1. The number of halogens is 1. The normalized spacial score (nSPS) is 9.81. The Morgan fingerprint density at radius 2 is 2.10 bits per heavy atom. The molecule has 1 rings (SSSR count). The molecule has 1 aromatic rings. The highest BCUT2D eigenvalue weighted by Gasteiger charge is 2.15. The summed E-state index contributed by atoms with van der Waals surface area (Å²) >= 11 is 1.37. The highest BCUT2D eigenvalue weighted by atomic mass is 35.5. The molecule has 0 fully saturated rings. The van der Waals surface area contributed by atoms with Gasteiger partial charge < -0.3 is 20.3 Å². The monoisotopic (exact) mass is 335 g/mol. The van der Waals surface area contributed by atoms with Gasteiger partial charge in [0.05, 0.1) is 18.0 Å². The lowest BCUT2D eigenvalue weighted by molar-refractivity contribution is -0.121. The van der Waals surface area contributed by atoms with Crippen molar-refractivity contribution in [3.05, 3.63) is 22.4 Å². The van der Waals surface area contributed by atoms with Gasteiger partial charge in [0, 0.05) is 33.8 Å². The maximum Gasteiger partial charge on any atom is 0.264 e. The molecule has 1 aromatic heterocycles. The van der Waals surface area contributed by atoms with Crippen LogP contribution in [0.3, 0.4) is 0 Å². The average Bonchev–Trinajstić information content (AvgIpc) is 2.95. The van der Waals surface area contributed by atoms with Crippen molar-refractivity contribution in [2.24, 2.45) is 0 Å². The number of thiophene rings is 1. The first-order valence-electron chi connectivity index (χ1n) is 6.40. The lowest BCUT2D eigenvalue weighted by Crippen LogP contribution is -2.40. The summed E-state index contributed by atoms with van der Waals surface area (Å²) in [7, 11) is 3.27. The van der Waals surface area contributed by atoms with E-state index in [4.69, 9.17) is 4.74 Å². The van der Waals surface area contributed by atoms with Crippen LogP contribution in [0, 0.1) is 0 Å². The van der Waals surface area contributed by atoms with Crippen molar-refractivity contribution in [1.82, 2.24) is 15.5 Å². The minimum atomic E-state index is -0.161. The Hall–Kier alpha value is -1.15. The zero-order chi connectivity index (χ0) is 14.8. The van der Waals surface area contributed by atoms with E-state index in [0.717, 1.165) is 6.54 Å². The van der Waals surface area contributed by atoms with Crippen molar-refractivity contribution in [2.45, 2.75) is 0 Å². The van der Waals surface area contributed by atoms with Crippen LogP contribution in [-0.4, -0.2) is 63.7 Å². The third kappa shape index (κ3) is 8.01. The molecule has 0 atom stereocenters. The molecule has 120 valence electrons. The van der Waals surface area contributed by atoms with Crippen LogP contribution >= 0.6 is 23.7 Å². The van der Waals surface area contributed by atoms with E-state index in [0.29, 0.717) is 24.6 Å². The molecule has 0 spiro atoms. The Morgan fingerprint density at radius 3 is 2.71 bits per heavy atom. The second-order valence-electron chi connectivity index (χ2n) is 4.23. The molecule has 0 unspecified atom stereocenters. The van der Waals surface area contributed by atoms with Crippen molar-refractivity contribution < 1.29 is 14.3 Å². The van der Waals surface area contributed by atoms with Gasteiger partial charge in [0.1, 0.15) is 0 Å². The summed E-state index contributed by atoms with van der Waals surface area (Å²) in [5, 5.41) is 7.72. The number of nitrogens with one attached hydrogen (secondary N) is 2. The molecule has 0 radical (unpaired) electrons. The Kier molecular flexibility index (Phi) is 10.9. The van der Waals surface area contributed by atoms with E-state index in [1.807, 2.05) is 11.4 Å². The van der Waals surface area contributed by atoms with Crippen molar-refractivity contribution in [1.29, 1.82) is 0 Å². The molecule has 0 aliphatic heterocycles. The largest absolute Gasteiger partial charge is 0.383 e. The van der Waals surface area contributed by atoms with Crippen LogP contribution < -0.4 is 10.6 Å². The standard InChI is InChI=1S/C13H21N3O3S.ClH/c1-16(13(18)11-4-3-9-20-11)10-12(17)15-6-5-14-7-8-19-2;/h3-4,9,14H,5-8,10H2,1-2H3,(H,15,17);1H. The summed E-state index contributed by atoms with van der Waals surface area (Å²) in [4.78, 5) is 25.6. The number of rotatable bonds is 9. The van der Waals surface area contributed by atoms with E-state index in [-0.39, 0.29) is 30.8 Å². The van der Waals surface area contributed by atoms with Gasteiger partial charge in [0.25, 0.3) is 5.91 Å². The topological polar surface area (TPSA) is 70.7 Å². The summed E-state index contributed by atoms with van der Waals surface area (Å²) in [5.74, 6) is -0.292. The van der Waals surface area contributed by atoms with Crippen molar-refractivity contribution in [3.63, 3.8) is 0 Å². The van der Waals surface area contributed by atoms with Crippen molar-refractivity contribution >= 4 is 35.6 Å². The van der Waals surface area contributed by atoms with Gasteiger partial charge in [0.15, 0.2) is 0 Å². The van der Waals surface area contributed by atoms with Crippen LogP contribution in [0.5, 0.6) is 0 Å². The maximum absolute atomic E-state index is 11.9. The summed E-state index contributed by atoms with van der Waals surface area (Å²) in [5.41, 5.74) is 0. The molecule has 2 amide bonds. The quantitative estimate of drug-likeness (QED) is 0.648. The molecule has 2 N–H and O–H groups in total. The SMILES string of the molecule is COCCNCCNC(=O)CN(C)C(=O)c1cccs1.Cl. The smallest absolute Gasteiger partial charge is 0.264 e. The van der Waals surface area contributed by atoms with E-state index < -0.39 is 0 Å². The number of likely N-dealkylation sites (N-methyl/N-ethyl adjacent to an activating group) is 1. The number of amides is 2. The van der Waals surface area contributed by atoms with Gasteiger partial charge in [-0.25, -0.2) is 0 Å². The maximum atomic E-state index is 11.9. The lowest BCUT2D eigenvalue weighted by atomic mass is 10.4. The molecule has 6 nitrogen and oxygen atoms in total. The van der Waals surface area contributed by atoms with Gasteiger partial charge in [0.2, 0.25) is 5.91 Å². The summed E-state index contributed by atoms with van der Waals surface area (Å²) in [6.45, 7) is 2.67. The molecule has 0 aliphatic rings. The lowest BCUT2D eigenvalue weighted by Gasteiger charge is -2.16. The van der Waals surface area contributed by atoms with Gasteiger partial charge in [-0.3, -0.25) is 9.59 Å². The van der Waals surface area contributed by atoms with Gasteiger partial charge in [-0.2, -0.15) is 0 Å². The Labute approximate surface area is 135 Å². The van der Waals surface area contributed by atoms with Crippen LogP contribution in [0.15, 0.2) is 17.5 Å². The first-order valence-corrected chi connectivity index (χ1v) is 7.28. The zero-order valence-corrected chi connectivity index (χ0v) is 13.9. The third-order valence-electron chi connectivity index (χ3n) is 2.57. The Balaban J connectivity index is 0.00000400. The number of hydrogen-bond acceptors (Lipinski definition) is 5. The zero-order valence-electron chi connectivity index (χ0n) is 12.3. The number of carbonyl (C=O) groups excluding carboxylic acids is 2. The minimum absolute atomic E-state index is 0. The highest BCUT2D eigenvalue weighted by molar-refractivity contribution is 7.12. The van der Waals surface area contributed by atoms with Crippen molar-refractivity contribution in [2.75, 3.05) is 46.9 Å². The van der Waals surface area contributed by atoms with E-state index in [1.165, 1.54) is 16.2 Å². The molecule has 1 heterocycles. The third-order valence-corrected chi connectivity index (χ3v) is 3.42. The fraction of sp³-hybridized carbons (Fsp3) is 0.538. The fourth-order valence-corrected chi connectivity index (χ4v) is 2.24. The number of methoxy groups -OCH3 is 1. The van der Waals surface area contributed by atoms with Gasteiger partial charge >= 0.3 is 0 Å². The average molecular weight is 336 g/mol. The molecule has 8 heteroatoms. The van der Waals surface area contributed by atoms with Crippen LogP contribution in [0.1, 0.15) is 9.67 Å².